The van der Waals surface area contributed by atoms with E-state index < -0.39 is 5.60 Å². The highest BCUT2D eigenvalue weighted by molar-refractivity contribution is 6.30. The molecule has 0 spiro atoms. The summed E-state index contributed by atoms with van der Waals surface area (Å²) in [6.07, 6.45) is 1.90. The van der Waals surface area contributed by atoms with Crippen molar-refractivity contribution >= 4 is 11.6 Å². The molecule has 0 radical (unpaired) electrons. The second-order valence-electron chi connectivity index (χ2n) is 4.10. The van der Waals surface area contributed by atoms with Gasteiger partial charge in [-0.1, -0.05) is 11.6 Å². The van der Waals surface area contributed by atoms with Gasteiger partial charge in [0.25, 0.3) is 0 Å². The molecule has 1 saturated carbocycles. The third-order valence-electron chi connectivity index (χ3n) is 2.64. The van der Waals surface area contributed by atoms with Gasteiger partial charge in [0.1, 0.15) is 5.82 Å². The standard InChI is InChI=1S/C11H12ClFO/c1-7-4-9(12)5-8(10(7)13)6-11(14)2-3-11/h4-5,14H,2-3,6H2,1H3. The van der Waals surface area contributed by atoms with Gasteiger partial charge in [0.05, 0.1) is 5.60 Å². The van der Waals surface area contributed by atoms with E-state index in [0.29, 0.717) is 22.6 Å². The zero-order valence-electron chi connectivity index (χ0n) is 7.98. The van der Waals surface area contributed by atoms with E-state index in [2.05, 4.69) is 0 Å². The molecule has 2 rings (SSSR count). The Labute approximate surface area is 87.5 Å². The van der Waals surface area contributed by atoms with Gasteiger partial charge in [-0.25, -0.2) is 4.39 Å². The fourth-order valence-electron chi connectivity index (χ4n) is 1.60. The van der Waals surface area contributed by atoms with Gasteiger partial charge in [-0.3, -0.25) is 0 Å². The third-order valence-corrected chi connectivity index (χ3v) is 2.86. The molecule has 1 aliphatic carbocycles. The average Bonchev–Trinajstić information content (AvgIpc) is 2.79. The number of benzene rings is 1. The normalized spacial score (nSPS) is 18.3. The van der Waals surface area contributed by atoms with Crippen LogP contribution in [0.1, 0.15) is 24.0 Å². The first-order valence-corrected chi connectivity index (χ1v) is 5.05. The molecule has 1 aromatic rings. The molecule has 1 nitrogen and oxygen atoms in total. The van der Waals surface area contributed by atoms with Crippen LogP contribution in [0.5, 0.6) is 0 Å². The number of hydrogen-bond acceptors (Lipinski definition) is 1. The lowest BCUT2D eigenvalue weighted by Crippen LogP contribution is -2.12. The Balaban J connectivity index is 2.32. The smallest absolute Gasteiger partial charge is 0.129 e. The van der Waals surface area contributed by atoms with Crippen LogP contribution in [-0.4, -0.2) is 10.7 Å². The minimum Gasteiger partial charge on any atom is -0.390 e. The van der Waals surface area contributed by atoms with Gasteiger partial charge in [0, 0.05) is 11.4 Å². The van der Waals surface area contributed by atoms with Crippen LogP contribution in [0, 0.1) is 12.7 Å². The van der Waals surface area contributed by atoms with Gasteiger partial charge >= 0.3 is 0 Å². The van der Waals surface area contributed by atoms with Crippen LogP contribution < -0.4 is 0 Å². The number of rotatable bonds is 2. The maximum atomic E-state index is 13.6. The molecule has 0 aromatic heterocycles. The molecule has 0 amide bonds. The fourth-order valence-corrected chi connectivity index (χ4v) is 1.89. The predicted octanol–water partition coefficient (Wildman–Crippen LogP) is 2.85. The summed E-state index contributed by atoms with van der Waals surface area (Å²) in [6.45, 7) is 1.68. The van der Waals surface area contributed by atoms with E-state index in [1.165, 1.54) is 0 Å². The summed E-state index contributed by atoms with van der Waals surface area (Å²) in [5.41, 5.74) is 0.393. The van der Waals surface area contributed by atoms with E-state index >= 15 is 0 Å². The van der Waals surface area contributed by atoms with Crippen LogP contribution in [0.15, 0.2) is 12.1 Å². The highest BCUT2D eigenvalue weighted by atomic mass is 35.5. The number of hydrogen-bond donors (Lipinski definition) is 1. The number of halogens is 2. The van der Waals surface area contributed by atoms with E-state index in [4.69, 9.17) is 11.6 Å². The summed E-state index contributed by atoms with van der Waals surface area (Å²) < 4.78 is 13.6. The molecule has 0 heterocycles. The monoisotopic (exact) mass is 214 g/mol. The van der Waals surface area contributed by atoms with Crippen molar-refractivity contribution in [2.45, 2.75) is 31.8 Å². The predicted molar refractivity (Wildman–Crippen MR) is 54.0 cm³/mol. The van der Waals surface area contributed by atoms with Gasteiger partial charge in [-0.15, -0.1) is 0 Å². The van der Waals surface area contributed by atoms with Gasteiger partial charge in [0.15, 0.2) is 0 Å². The van der Waals surface area contributed by atoms with Crippen LogP contribution in [0.2, 0.25) is 5.02 Å². The molecule has 1 fully saturated rings. The van der Waals surface area contributed by atoms with Crippen molar-refractivity contribution < 1.29 is 9.50 Å². The Morgan fingerprint density at radius 3 is 2.71 bits per heavy atom. The lowest BCUT2D eigenvalue weighted by atomic mass is 10.0. The minimum absolute atomic E-state index is 0.241. The molecule has 1 aromatic carbocycles. The first kappa shape index (κ1) is 9.94. The van der Waals surface area contributed by atoms with E-state index in [9.17, 15) is 9.50 Å². The molecular formula is C11H12ClFO. The van der Waals surface area contributed by atoms with Crippen LogP contribution in [-0.2, 0) is 6.42 Å². The molecule has 0 bridgehead atoms. The average molecular weight is 215 g/mol. The molecule has 0 atom stereocenters. The van der Waals surface area contributed by atoms with Gasteiger partial charge in [-0.05, 0) is 43.0 Å². The van der Waals surface area contributed by atoms with E-state index in [-0.39, 0.29) is 5.82 Å². The molecular weight excluding hydrogens is 203 g/mol. The van der Waals surface area contributed by atoms with E-state index in [1.807, 2.05) is 0 Å². The lowest BCUT2D eigenvalue weighted by Gasteiger charge is -2.10. The summed E-state index contributed by atoms with van der Waals surface area (Å²) in [5, 5.41) is 10.2. The van der Waals surface area contributed by atoms with Crippen LogP contribution >= 0.6 is 11.6 Å². The molecule has 3 heteroatoms. The van der Waals surface area contributed by atoms with Crippen LogP contribution in [0.25, 0.3) is 0 Å². The highest BCUT2D eigenvalue weighted by Crippen LogP contribution is 2.39. The Hall–Kier alpha value is -0.600. The van der Waals surface area contributed by atoms with Crippen LogP contribution in [0.4, 0.5) is 4.39 Å². The molecule has 0 saturated heterocycles. The Kier molecular flexibility index (Phi) is 2.28. The maximum absolute atomic E-state index is 13.6. The zero-order chi connectivity index (χ0) is 10.3. The SMILES string of the molecule is Cc1cc(Cl)cc(CC2(O)CC2)c1F. The van der Waals surface area contributed by atoms with Gasteiger partial charge in [0.2, 0.25) is 0 Å². The maximum Gasteiger partial charge on any atom is 0.129 e. The van der Waals surface area contributed by atoms with Gasteiger partial charge in [-0.2, -0.15) is 0 Å². The largest absolute Gasteiger partial charge is 0.390 e. The lowest BCUT2D eigenvalue weighted by molar-refractivity contribution is 0.149. The summed E-state index contributed by atoms with van der Waals surface area (Å²) in [4.78, 5) is 0. The van der Waals surface area contributed by atoms with Crippen molar-refractivity contribution in [2.75, 3.05) is 0 Å². The molecule has 0 unspecified atom stereocenters. The first-order chi connectivity index (χ1) is 6.50. The summed E-state index contributed by atoms with van der Waals surface area (Å²) in [6, 6.07) is 3.19. The van der Waals surface area contributed by atoms with Crippen molar-refractivity contribution in [3.63, 3.8) is 0 Å². The van der Waals surface area contributed by atoms with Crippen molar-refractivity contribution in [1.82, 2.24) is 0 Å². The third kappa shape index (κ3) is 1.91. The second-order valence-corrected chi connectivity index (χ2v) is 4.53. The first-order valence-electron chi connectivity index (χ1n) is 4.67. The second kappa shape index (κ2) is 3.21. The Bertz CT molecular complexity index is 372. The molecule has 0 aliphatic heterocycles. The summed E-state index contributed by atoms with van der Waals surface area (Å²) in [7, 11) is 0. The molecule has 1 aliphatic rings. The minimum atomic E-state index is -0.669. The van der Waals surface area contributed by atoms with Crippen molar-refractivity contribution in [3.05, 3.63) is 34.1 Å². The van der Waals surface area contributed by atoms with E-state index in [1.54, 1.807) is 19.1 Å². The van der Waals surface area contributed by atoms with E-state index in [0.717, 1.165) is 12.8 Å². The topological polar surface area (TPSA) is 20.2 Å². The fraction of sp³-hybridized carbons (Fsp3) is 0.455. The van der Waals surface area contributed by atoms with Crippen LogP contribution in [0.3, 0.4) is 0 Å². The number of aliphatic hydroxyl groups is 1. The zero-order valence-corrected chi connectivity index (χ0v) is 8.74. The van der Waals surface area contributed by atoms with Crippen molar-refractivity contribution in [1.29, 1.82) is 0 Å². The Morgan fingerprint density at radius 2 is 2.14 bits per heavy atom. The number of aryl methyl sites for hydroxylation is 1. The molecule has 76 valence electrons. The Morgan fingerprint density at radius 1 is 1.50 bits per heavy atom. The van der Waals surface area contributed by atoms with Crippen molar-refractivity contribution in [3.8, 4) is 0 Å². The van der Waals surface area contributed by atoms with Gasteiger partial charge < -0.3 is 5.11 Å². The summed E-state index contributed by atoms with van der Waals surface area (Å²) in [5.74, 6) is -0.241. The quantitative estimate of drug-likeness (QED) is 0.803. The highest BCUT2D eigenvalue weighted by Gasteiger charge is 2.40. The summed E-state index contributed by atoms with van der Waals surface area (Å²) >= 11 is 5.82. The molecule has 14 heavy (non-hydrogen) atoms. The van der Waals surface area contributed by atoms with Crippen molar-refractivity contribution in [2.24, 2.45) is 0 Å². The molecule has 1 N–H and O–H groups in total.